The van der Waals surface area contributed by atoms with Gasteiger partial charge in [0.2, 0.25) is 5.91 Å². The number of likely N-dealkylation sites (tertiary alicyclic amines) is 1. The molecule has 1 saturated carbocycles. The second-order valence-corrected chi connectivity index (χ2v) is 9.28. The number of amides is 1. The number of carbonyl (C=O) groups is 1. The summed E-state index contributed by atoms with van der Waals surface area (Å²) >= 11 is 0. The zero-order valence-corrected chi connectivity index (χ0v) is 18.0. The summed E-state index contributed by atoms with van der Waals surface area (Å²) in [6.07, 6.45) is 3.21. The summed E-state index contributed by atoms with van der Waals surface area (Å²) in [4.78, 5) is 15.5. The fourth-order valence-corrected chi connectivity index (χ4v) is 4.71. The zero-order chi connectivity index (χ0) is 20.4. The standard InChI is InChI=1S/C23H37N3O2/c1-5-28-20-13-23(24,22(20,3)4)21(27)25-14-18-10-6-7-11-19(18)16-26-12-8-9-17(2)15-26/h6-7,10-11,17,20H,5,8-9,12-16,24H2,1-4H3,(H,25,27). The molecule has 2 aliphatic rings. The SMILES string of the molecule is CCOC1CC(N)(C(=O)NCc2ccccc2CN2CCCC(C)C2)C1(C)C. The Morgan fingerprint density at radius 1 is 1.32 bits per heavy atom. The van der Waals surface area contributed by atoms with Crippen LogP contribution < -0.4 is 11.1 Å². The number of carbonyl (C=O) groups excluding carboxylic acids is 1. The van der Waals surface area contributed by atoms with E-state index in [1.807, 2.05) is 26.8 Å². The topological polar surface area (TPSA) is 67.6 Å². The number of ether oxygens (including phenoxy) is 1. The Bertz CT molecular complexity index is 690. The average Bonchev–Trinajstić information content (AvgIpc) is 2.66. The van der Waals surface area contributed by atoms with Crippen LogP contribution in [-0.4, -0.2) is 42.1 Å². The Kier molecular flexibility index (Phi) is 6.47. The van der Waals surface area contributed by atoms with Gasteiger partial charge < -0.3 is 15.8 Å². The van der Waals surface area contributed by atoms with Crippen LogP contribution in [0.25, 0.3) is 0 Å². The van der Waals surface area contributed by atoms with E-state index in [0.717, 1.165) is 25.6 Å². The van der Waals surface area contributed by atoms with Crippen LogP contribution in [0.1, 0.15) is 58.1 Å². The third-order valence-corrected chi connectivity index (χ3v) is 6.93. The third kappa shape index (κ3) is 4.12. The number of nitrogens with two attached hydrogens (primary N) is 1. The molecule has 28 heavy (non-hydrogen) atoms. The smallest absolute Gasteiger partial charge is 0.241 e. The molecule has 5 nitrogen and oxygen atoms in total. The number of piperidine rings is 1. The third-order valence-electron chi connectivity index (χ3n) is 6.93. The molecule has 0 radical (unpaired) electrons. The molecule has 3 N–H and O–H groups in total. The van der Waals surface area contributed by atoms with Crippen molar-refractivity contribution in [1.82, 2.24) is 10.2 Å². The van der Waals surface area contributed by atoms with Gasteiger partial charge in [0.15, 0.2) is 0 Å². The lowest BCUT2D eigenvalue weighted by Gasteiger charge is -2.57. The number of benzene rings is 1. The van der Waals surface area contributed by atoms with E-state index >= 15 is 0 Å². The van der Waals surface area contributed by atoms with Crippen molar-refractivity contribution < 1.29 is 9.53 Å². The Balaban J connectivity index is 1.61. The van der Waals surface area contributed by atoms with Crippen LogP contribution in [0.4, 0.5) is 0 Å². The summed E-state index contributed by atoms with van der Waals surface area (Å²) in [5.74, 6) is 0.687. The maximum absolute atomic E-state index is 12.9. The Morgan fingerprint density at radius 3 is 2.68 bits per heavy atom. The number of nitrogens with one attached hydrogen (secondary N) is 1. The van der Waals surface area contributed by atoms with Crippen LogP contribution in [0.2, 0.25) is 0 Å². The molecular formula is C23H37N3O2. The molecule has 1 aliphatic heterocycles. The van der Waals surface area contributed by atoms with Gasteiger partial charge in [-0.05, 0) is 43.4 Å². The molecule has 2 fully saturated rings. The van der Waals surface area contributed by atoms with E-state index < -0.39 is 5.54 Å². The Labute approximate surface area is 170 Å². The lowest BCUT2D eigenvalue weighted by molar-refractivity contribution is -0.170. The van der Waals surface area contributed by atoms with Gasteiger partial charge in [-0.25, -0.2) is 0 Å². The molecule has 3 atom stereocenters. The van der Waals surface area contributed by atoms with Gasteiger partial charge in [0, 0.05) is 38.1 Å². The molecule has 0 bridgehead atoms. The Hall–Kier alpha value is -1.43. The monoisotopic (exact) mass is 387 g/mol. The molecule has 1 saturated heterocycles. The quantitative estimate of drug-likeness (QED) is 0.754. The summed E-state index contributed by atoms with van der Waals surface area (Å²) in [5.41, 5.74) is 7.75. The first kappa shape index (κ1) is 21.3. The van der Waals surface area contributed by atoms with Crippen LogP contribution in [0.3, 0.4) is 0 Å². The molecule has 5 heteroatoms. The van der Waals surface area contributed by atoms with Gasteiger partial charge in [-0.2, -0.15) is 0 Å². The zero-order valence-electron chi connectivity index (χ0n) is 18.0. The summed E-state index contributed by atoms with van der Waals surface area (Å²) in [5, 5.41) is 3.11. The van der Waals surface area contributed by atoms with Crippen LogP contribution in [0.15, 0.2) is 24.3 Å². The van der Waals surface area contributed by atoms with E-state index in [-0.39, 0.29) is 17.4 Å². The minimum Gasteiger partial charge on any atom is -0.378 e. The first-order chi connectivity index (χ1) is 13.3. The first-order valence-corrected chi connectivity index (χ1v) is 10.8. The normalized spacial score (nSPS) is 29.9. The van der Waals surface area contributed by atoms with Gasteiger partial charge in [0.25, 0.3) is 0 Å². The number of hydrogen-bond acceptors (Lipinski definition) is 4. The Morgan fingerprint density at radius 2 is 2.04 bits per heavy atom. The van der Waals surface area contributed by atoms with Crippen molar-refractivity contribution in [2.45, 2.75) is 71.7 Å². The molecule has 1 aromatic carbocycles. The summed E-state index contributed by atoms with van der Waals surface area (Å²) in [7, 11) is 0. The molecule has 156 valence electrons. The molecule has 3 unspecified atom stereocenters. The van der Waals surface area contributed by atoms with Crippen molar-refractivity contribution in [3.05, 3.63) is 35.4 Å². The van der Waals surface area contributed by atoms with Gasteiger partial charge in [-0.1, -0.05) is 45.0 Å². The van der Waals surface area contributed by atoms with E-state index in [1.165, 1.54) is 24.0 Å². The first-order valence-electron chi connectivity index (χ1n) is 10.8. The molecule has 1 aliphatic carbocycles. The fraction of sp³-hybridized carbons (Fsp3) is 0.696. The highest BCUT2D eigenvalue weighted by molar-refractivity contribution is 5.88. The van der Waals surface area contributed by atoms with Gasteiger partial charge in [-0.3, -0.25) is 9.69 Å². The number of hydrogen-bond donors (Lipinski definition) is 2. The van der Waals surface area contributed by atoms with Gasteiger partial charge in [0.1, 0.15) is 5.54 Å². The summed E-state index contributed by atoms with van der Waals surface area (Å²) in [6, 6.07) is 8.42. The van der Waals surface area contributed by atoms with E-state index in [9.17, 15) is 4.79 Å². The van der Waals surface area contributed by atoms with E-state index in [4.69, 9.17) is 10.5 Å². The maximum Gasteiger partial charge on any atom is 0.241 e. The van der Waals surface area contributed by atoms with Gasteiger partial charge in [0.05, 0.1) is 6.10 Å². The summed E-state index contributed by atoms with van der Waals surface area (Å²) < 4.78 is 5.75. The van der Waals surface area contributed by atoms with Crippen LogP contribution in [-0.2, 0) is 22.6 Å². The number of rotatable bonds is 7. The summed E-state index contributed by atoms with van der Waals surface area (Å²) in [6.45, 7) is 12.8. The molecule has 0 aromatic heterocycles. The van der Waals surface area contributed by atoms with Crippen LogP contribution >= 0.6 is 0 Å². The van der Waals surface area contributed by atoms with Crippen molar-refractivity contribution in [1.29, 1.82) is 0 Å². The average molecular weight is 388 g/mol. The predicted molar refractivity (Wildman–Crippen MR) is 113 cm³/mol. The molecule has 1 heterocycles. The molecule has 0 spiro atoms. The highest BCUT2D eigenvalue weighted by Gasteiger charge is 2.62. The van der Waals surface area contributed by atoms with Crippen molar-refractivity contribution in [2.24, 2.45) is 17.1 Å². The van der Waals surface area contributed by atoms with Crippen molar-refractivity contribution in [2.75, 3.05) is 19.7 Å². The molecule has 3 rings (SSSR count). The van der Waals surface area contributed by atoms with Gasteiger partial charge >= 0.3 is 0 Å². The lowest BCUT2D eigenvalue weighted by Crippen LogP contribution is -2.75. The highest BCUT2D eigenvalue weighted by atomic mass is 16.5. The second kappa shape index (κ2) is 8.52. The van der Waals surface area contributed by atoms with Crippen LogP contribution in [0.5, 0.6) is 0 Å². The van der Waals surface area contributed by atoms with E-state index in [1.54, 1.807) is 0 Å². The minimum absolute atomic E-state index is 0.0432. The predicted octanol–water partition coefficient (Wildman–Crippen LogP) is 3.07. The highest BCUT2D eigenvalue weighted by Crippen LogP contribution is 2.49. The number of nitrogens with zero attached hydrogens (tertiary/aromatic N) is 1. The van der Waals surface area contributed by atoms with Crippen LogP contribution in [0, 0.1) is 11.3 Å². The maximum atomic E-state index is 12.9. The van der Waals surface area contributed by atoms with E-state index in [2.05, 4.69) is 35.3 Å². The lowest BCUT2D eigenvalue weighted by atomic mass is 9.54. The van der Waals surface area contributed by atoms with E-state index in [0.29, 0.717) is 19.6 Å². The minimum atomic E-state index is -0.871. The van der Waals surface area contributed by atoms with Crippen molar-refractivity contribution in [3.63, 3.8) is 0 Å². The fourth-order valence-electron chi connectivity index (χ4n) is 4.71. The van der Waals surface area contributed by atoms with Gasteiger partial charge in [-0.15, -0.1) is 0 Å². The van der Waals surface area contributed by atoms with Crippen molar-refractivity contribution in [3.8, 4) is 0 Å². The molecule has 1 amide bonds. The molecule has 1 aromatic rings. The second-order valence-electron chi connectivity index (χ2n) is 9.28. The molecular weight excluding hydrogens is 350 g/mol. The largest absolute Gasteiger partial charge is 0.378 e. The van der Waals surface area contributed by atoms with Crippen molar-refractivity contribution >= 4 is 5.91 Å².